The van der Waals surface area contributed by atoms with Gasteiger partial charge in [0.15, 0.2) is 0 Å². The maximum absolute atomic E-state index is 5.69. The largest absolute Gasteiger partial charge is 0.399 e. The standard InChI is InChI=1S/C12H16N4/c1-12(2,11-14-8-15-16(11)3)9-4-6-10(13)7-5-9/h4-8H,13H2,1-3H3. The summed E-state index contributed by atoms with van der Waals surface area (Å²) in [7, 11) is 1.90. The molecule has 0 bridgehead atoms. The van der Waals surface area contributed by atoms with Crippen LogP contribution in [0.1, 0.15) is 25.2 Å². The van der Waals surface area contributed by atoms with E-state index in [-0.39, 0.29) is 5.41 Å². The molecule has 0 amide bonds. The Hall–Kier alpha value is -1.84. The minimum absolute atomic E-state index is 0.168. The van der Waals surface area contributed by atoms with Crippen LogP contribution in [-0.4, -0.2) is 14.8 Å². The quantitative estimate of drug-likeness (QED) is 0.778. The molecule has 0 aliphatic carbocycles. The van der Waals surface area contributed by atoms with E-state index in [4.69, 9.17) is 5.73 Å². The topological polar surface area (TPSA) is 56.7 Å². The molecular formula is C12H16N4. The Kier molecular flexibility index (Phi) is 2.42. The van der Waals surface area contributed by atoms with E-state index in [1.165, 1.54) is 5.56 Å². The average molecular weight is 216 g/mol. The van der Waals surface area contributed by atoms with Gasteiger partial charge in [-0.3, -0.25) is 4.68 Å². The van der Waals surface area contributed by atoms with Gasteiger partial charge in [0, 0.05) is 18.2 Å². The molecule has 1 heterocycles. The highest BCUT2D eigenvalue weighted by Gasteiger charge is 2.27. The summed E-state index contributed by atoms with van der Waals surface area (Å²) in [6.45, 7) is 4.26. The molecule has 1 aromatic heterocycles. The van der Waals surface area contributed by atoms with Gasteiger partial charge in [0.25, 0.3) is 0 Å². The Labute approximate surface area is 95.1 Å². The summed E-state index contributed by atoms with van der Waals surface area (Å²) in [5.41, 5.74) is 7.47. The fourth-order valence-corrected chi connectivity index (χ4v) is 1.89. The lowest BCUT2D eigenvalue weighted by atomic mass is 9.83. The Balaban J connectivity index is 2.46. The minimum Gasteiger partial charge on any atom is -0.399 e. The number of aryl methyl sites for hydroxylation is 1. The second-order valence-electron chi connectivity index (χ2n) is 4.45. The summed E-state index contributed by atoms with van der Waals surface area (Å²) in [5, 5.41) is 4.11. The zero-order valence-electron chi connectivity index (χ0n) is 9.81. The van der Waals surface area contributed by atoms with Gasteiger partial charge in [-0.1, -0.05) is 12.1 Å². The molecule has 2 aromatic rings. The van der Waals surface area contributed by atoms with Crippen molar-refractivity contribution in [2.75, 3.05) is 5.73 Å². The minimum atomic E-state index is -0.168. The molecule has 0 atom stereocenters. The maximum atomic E-state index is 5.69. The van der Waals surface area contributed by atoms with E-state index < -0.39 is 0 Å². The Morgan fingerprint density at radius 2 is 1.81 bits per heavy atom. The summed E-state index contributed by atoms with van der Waals surface area (Å²) in [5.74, 6) is 0.942. The molecular weight excluding hydrogens is 200 g/mol. The van der Waals surface area contributed by atoms with Crippen LogP contribution in [0.5, 0.6) is 0 Å². The first kappa shape index (κ1) is 10.7. The molecule has 0 saturated heterocycles. The molecule has 16 heavy (non-hydrogen) atoms. The van der Waals surface area contributed by atoms with Crippen molar-refractivity contribution in [1.29, 1.82) is 0 Å². The summed E-state index contributed by atoms with van der Waals surface area (Å²) in [6.07, 6.45) is 1.58. The van der Waals surface area contributed by atoms with Gasteiger partial charge in [-0.2, -0.15) is 5.10 Å². The predicted octanol–water partition coefficient (Wildman–Crippen LogP) is 1.72. The molecule has 0 radical (unpaired) electrons. The van der Waals surface area contributed by atoms with E-state index in [0.717, 1.165) is 11.5 Å². The number of rotatable bonds is 2. The summed E-state index contributed by atoms with van der Waals surface area (Å²) >= 11 is 0. The van der Waals surface area contributed by atoms with E-state index in [2.05, 4.69) is 23.9 Å². The number of hydrogen-bond acceptors (Lipinski definition) is 3. The average Bonchev–Trinajstić information content (AvgIpc) is 2.66. The predicted molar refractivity (Wildman–Crippen MR) is 64.0 cm³/mol. The van der Waals surface area contributed by atoms with Crippen LogP contribution >= 0.6 is 0 Å². The van der Waals surface area contributed by atoms with Crippen molar-refractivity contribution in [1.82, 2.24) is 14.8 Å². The van der Waals surface area contributed by atoms with Crippen LogP contribution in [0.4, 0.5) is 5.69 Å². The molecule has 0 spiro atoms. The van der Waals surface area contributed by atoms with Crippen LogP contribution in [0.2, 0.25) is 0 Å². The fourth-order valence-electron chi connectivity index (χ4n) is 1.89. The van der Waals surface area contributed by atoms with Crippen molar-refractivity contribution in [2.45, 2.75) is 19.3 Å². The van der Waals surface area contributed by atoms with Crippen molar-refractivity contribution in [2.24, 2.45) is 7.05 Å². The molecule has 84 valence electrons. The Morgan fingerprint density at radius 3 is 2.31 bits per heavy atom. The fraction of sp³-hybridized carbons (Fsp3) is 0.333. The molecule has 0 saturated carbocycles. The lowest BCUT2D eigenvalue weighted by molar-refractivity contribution is 0.542. The maximum Gasteiger partial charge on any atom is 0.138 e. The highest BCUT2D eigenvalue weighted by atomic mass is 15.3. The summed E-state index contributed by atoms with van der Waals surface area (Å²) in [4.78, 5) is 4.31. The van der Waals surface area contributed by atoms with Gasteiger partial charge < -0.3 is 5.73 Å². The van der Waals surface area contributed by atoms with Gasteiger partial charge in [0.2, 0.25) is 0 Å². The number of nitrogens with two attached hydrogens (primary N) is 1. The Morgan fingerprint density at radius 1 is 1.19 bits per heavy atom. The Bertz CT molecular complexity index is 482. The molecule has 2 rings (SSSR count). The van der Waals surface area contributed by atoms with Crippen LogP contribution in [0, 0.1) is 0 Å². The molecule has 4 nitrogen and oxygen atoms in total. The molecule has 0 aliphatic heterocycles. The first-order chi connectivity index (χ1) is 7.51. The van der Waals surface area contributed by atoms with Crippen molar-refractivity contribution < 1.29 is 0 Å². The molecule has 0 aliphatic rings. The van der Waals surface area contributed by atoms with Gasteiger partial charge in [0.1, 0.15) is 12.2 Å². The number of hydrogen-bond donors (Lipinski definition) is 1. The van der Waals surface area contributed by atoms with Crippen molar-refractivity contribution >= 4 is 5.69 Å². The molecule has 0 fully saturated rings. The van der Waals surface area contributed by atoms with Crippen LogP contribution < -0.4 is 5.73 Å². The highest BCUT2D eigenvalue weighted by molar-refractivity contribution is 5.42. The third-order valence-corrected chi connectivity index (χ3v) is 2.90. The smallest absolute Gasteiger partial charge is 0.138 e. The van der Waals surface area contributed by atoms with Crippen LogP contribution in [0.15, 0.2) is 30.6 Å². The van der Waals surface area contributed by atoms with Crippen molar-refractivity contribution in [3.63, 3.8) is 0 Å². The first-order valence-corrected chi connectivity index (χ1v) is 5.22. The van der Waals surface area contributed by atoms with E-state index >= 15 is 0 Å². The monoisotopic (exact) mass is 216 g/mol. The van der Waals surface area contributed by atoms with Crippen LogP contribution in [0.25, 0.3) is 0 Å². The number of nitrogen functional groups attached to an aromatic ring is 1. The van der Waals surface area contributed by atoms with E-state index in [0.29, 0.717) is 0 Å². The van der Waals surface area contributed by atoms with Crippen LogP contribution in [-0.2, 0) is 12.5 Å². The summed E-state index contributed by atoms with van der Waals surface area (Å²) in [6, 6.07) is 7.88. The van der Waals surface area contributed by atoms with E-state index in [1.807, 2.05) is 31.3 Å². The number of nitrogens with zero attached hydrogens (tertiary/aromatic N) is 3. The van der Waals surface area contributed by atoms with E-state index in [9.17, 15) is 0 Å². The zero-order chi connectivity index (χ0) is 11.8. The second kappa shape index (κ2) is 3.63. The van der Waals surface area contributed by atoms with E-state index in [1.54, 1.807) is 11.0 Å². The lowest BCUT2D eigenvalue weighted by Crippen LogP contribution is -2.23. The van der Waals surface area contributed by atoms with Gasteiger partial charge in [-0.05, 0) is 31.5 Å². The lowest BCUT2D eigenvalue weighted by Gasteiger charge is -2.24. The highest BCUT2D eigenvalue weighted by Crippen LogP contribution is 2.29. The first-order valence-electron chi connectivity index (χ1n) is 5.22. The third kappa shape index (κ3) is 1.66. The van der Waals surface area contributed by atoms with Crippen molar-refractivity contribution in [3.8, 4) is 0 Å². The van der Waals surface area contributed by atoms with Gasteiger partial charge in [-0.15, -0.1) is 0 Å². The molecule has 0 unspecified atom stereocenters. The van der Waals surface area contributed by atoms with Gasteiger partial charge >= 0.3 is 0 Å². The summed E-state index contributed by atoms with van der Waals surface area (Å²) < 4.78 is 1.80. The van der Waals surface area contributed by atoms with Crippen LogP contribution in [0.3, 0.4) is 0 Å². The zero-order valence-corrected chi connectivity index (χ0v) is 9.81. The SMILES string of the molecule is Cn1ncnc1C(C)(C)c1ccc(N)cc1. The molecule has 1 aromatic carbocycles. The van der Waals surface area contributed by atoms with Gasteiger partial charge in [-0.25, -0.2) is 4.98 Å². The molecule has 2 N–H and O–H groups in total. The second-order valence-corrected chi connectivity index (χ2v) is 4.45. The van der Waals surface area contributed by atoms with Gasteiger partial charge in [0.05, 0.1) is 0 Å². The normalized spacial score (nSPS) is 11.7. The van der Waals surface area contributed by atoms with Crippen molar-refractivity contribution in [3.05, 3.63) is 42.0 Å². The number of anilines is 1. The molecule has 4 heteroatoms. The number of aromatic nitrogens is 3. The third-order valence-electron chi connectivity index (χ3n) is 2.90. The number of benzene rings is 1.